The van der Waals surface area contributed by atoms with Gasteiger partial charge in [-0.05, 0) is 45.0 Å². The lowest BCUT2D eigenvalue weighted by atomic mass is 10.3. The molecule has 2 amide bonds. The molecule has 4 nitrogen and oxygen atoms in total. The van der Waals surface area contributed by atoms with Crippen LogP contribution in [-0.4, -0.2) is 35.1 Å². The van der Waals surface area contributed by atoms with Crippen molar-refractivity contribution in [1.82, 2.24) is 4.90 Å². The number of anilines is 1. The molecule has 0 bridgehead atoms. The molecule has 1 rings (SSSR count). The summed E-state index contributed by atoms with van der Waals surface area (Å²) in [6.07, 6.45) is 0. The van der Waals surface area contributed by atoms with Crippen LogP contribution in [0.3, 0.4) is 0 Å². The predicted octanol–water partition coefficient (Wildman–Crippen LogP) is 3.55. The van der Waals surface area contributed by atoms with Crippen LogP contribution in [-0.2, 0) is 9.59 Å². The van der Waals surface area contributed by atoms with Gasteiger partial charge in [-0.15, -0.1) is 11.8 Å². The Labute approximate surface area is 137 Å². The number of carbonyl (C=O) groups is 2. The Hall–Kier alpha value is -1.75. The Morgan fingerprint density at radius 1 is 1.27 bits per heavy atom. The zero-order chi connectivity index (χ0) is 16.7. The standard InChI is InChI=1S/C17H24N2O2S/c1-6-19(11-12(2)3)17(21)13(4)22-16-9-7-15(8-10-16)18-14(5)20/h7-10,13H,2,6,11H2,1,3-5H3,(H,18,20). The maximum atomic E-state index is 12.4. The zero-order valence-corrected chi connectivity index (χ0v) is 14.5. The molecule has 1 unspecified atom stereocenters. The summed E-state index contributed by atoms with van der Waals surface area (Å²) in [7, 11) is 0. The van der Waals surface area contributed by atoms with Crippen LogP contribution in [0.25, 0.3) is 0 Å². The van der Waals surface area contributed by atoms with E-state index in [2.05, 4.69) is 11.9 Å². The van der Waals surface area contributed by atoms with Gasteiger partial charge < -0.3 is 10.2 Å². The number of thioether (sulfide) groups is 1. The predicted molar refractivity (Wildman–Crippen MR) is 93.1 cm³/mol. The quantitative estimate of drug-likeness (QED) is 0.617. The third kappa shape index (κ3) is 5.93. The van der Waals surface area contributed by atoms with E-state index in [1.165, 1.54) is 18.7 Å². The van der Waals surface area contributed by atoms with E-state index >= 15 is 0 Å². The molecule has 0 heterocycles. The van der Waals surface area contributed by atoms with Gasteiger partial charge in [0.25, 0.3) is 0 Å². The molecule has 0 saturated carbocycles. The van der Waals surface area contributed by atoms with Crippen molar-refractivity contribution < 1.29 is 9.59 Å². The van der Waals surface area contributed by atoms with Crippen molar-refractivity contribution in [2.45, 2.75) is 37.8 Å². The van der Waals surface area contributed by atoms with Gasteiger partial charge in [-0.25, -0.2) is 0 Å². The maximum Gasteiger partial charge on any atom is 0.236 e. The lowest BCUT2D eigenvalue weighted by Crippen LogP contribution is -2.37. The molecule has 1 aromatic carbocycles. The lowest BCUT2D eigenvalue weighted by molar-refractivity contribution is -0.129. The van der Waals surface area contributed by atoms with Crippen molar-refractivity contribution in [3.05, 3.63) is 36.4 Å². The van der Waals surface area contributed by atoms with Crippen molar-refractivity contribution >= 4 is 29.3 Å². The van der Waals surface area contributed by atoms with Gasteiger partial charge in [0.15, 0.2) is 0 Å². The normalized spacial score (nSPS) is 11.6. The van der Waals surface area contributed by atoms with E-state index < -0.39 is 0 Å². The van der Waals surface area contributed by atoms with Crippen molar-refractivity contribution in [1.29, 1.82) is 0 Å². The van der Waals surface area contributed by atoms with Gasteiger partial charge in [-0.1, -0.05) is 12.2 Å². The molecule has 0 radical (unpaired) electrons. The number of benzene rings is 1. The highest BCUT2D eigenvalue weighted by Gasteiger charge is 2.20. The SMILES string of the molecule is C=C(C)CN(CC)C(=O)C(C)Sc1ccc(NC(C)=O)cc1. The van der Waals surface area contributed by atoms with E-state index in [1.54, 1.807) is 0 Å². The van der Waals surface area contributed by atoms with Crippen LogP contribution in [0, 0.1) is 0 Å². The van der Waals surface area contributed by atoms with Gasteiger partial charge >= 0.3 is 0 Å². The number of hydrogen-bond donors (Lipinski definition) is 1. The number of likely N-dealkylation sites (N-methyl/N-ethyl adjacent to an activating group) is 1. The average Bonchev–Trinajstić information content (AvgIpc) is 2.45. The summed E-state index contributed by atoms with van der Waals surface area (Å²) < 4.78 is 0. The molecule has 1 N–H and O–H groups in total. The molecule has 1 aromatic rings. The molecule has 5 heteroatoms. The lowest BCUT2D eigenvalue weighted by Gasteiger charge is -2.24. The monoisotopic (exact) mass is 320 g/mol. The zero-order valence-electron chi connectivity index (χ0n) is 13.7. The number of amides is 2. The Morgan fingerprint density at radius 3 is 2.32 bits per heavy atom. The highest BCUT2D eigenvalue weighted by Crippen LogP contribution is 2.26. The van der Waals surface area contributed by atoms with Crippen LogP contribution >= 0.6 is 11.8 Å². The first-order valence-electron chi connectivity index (χ1n) is 7.31. The topological polar surface area (TPSA) is 49.4 Å². The van der Waals surface area contributed by atoms with Crippen molar-refractivity contribution in [2.24, 2.45) is 0 Å². The van der Waals surface area contributed by atoms with Gasteiger partial charge in [0.05, 0.1) is 5.25 Å². The van der Waals surface area contributed by atoms with Crippen molar-refractivity contribution in [2.75, 3.05) is 18.4 Å². The van der Waals surface area contributed by atoms with Crippen LogP contribution in [0.15, 0.2) is 41.3 Å². The fraction of sp³-hybridized carbons (Fsp3) is 0.412. The van der Waals surface area contributed by atoms with E-state index in [-0.39, 0.29) is 17.1 Å². The second-order valence-electron chi connectivity index (χ2n) is 5.28. The first-order valence-corrected chi connectivity index (χ1v) is 8.19. The molecule has 1 atom stereocenters. The first-order chi connectivity index (χ1) is 10.3. The van der Waals surface area contributed by atoms with Crippen LogP contribution < -0.4 is 5.32 Å². The minimum absolute atomic E-state index is 0.0951. The van der Waals surface area contributed by atoms with Gasteiger partial charge in [0, 0.05) is 30.6 Å². The largest absolute Gasteiger partial charge is 0.338 e. The molecule has 120 valence electrons. The van der Waals surface area contributed by atoms with Gasteiger partial charge in [-0.3, -0.25) is 9.59 Å². The van der Waals surface area contributed by atoms with Crippen molar-refractivity contribution in [3.63, 3.8) is 0 Å². The van der Waals surface area contributed by atoms with E-state index in [4.69, 9.17) is 0 Å². The number of carbonyl (C=O) groups excluding carboxylic acids is 2. The Kier molecular flexibility index (Phi) is 7.18. The Bertz CT molecular complexity index is 540. The van der Waals surface area contributed by atoms with Crippen LogP contribution in [0.2, 0.25) is 0 Å². The second kappa shape index (κ2) is 8.63. The molecule has 0 aromatic heterocycles. The smallest absolute Gasteiger partial charge is 0.236 e. The van der Waals surface area contributed by atoms with Gasteiger partial charge in [0.1, 0.15) is 0 Å². The minimum atomic E-state index is -0.161. The van der Waals surface area contributed by atoms with Crippen LogP contribution in [0.1, 0.15) is 27.7 Å². The molecular formula is C17H24N2O2S. The number of nitrogens with one attached hydrogen (secondary N) is 1. The molecule has 0 aliphatic rings. The summed E-state index contributed by atoms with van der Waals surface area (Å²) in [5, 5.41) is 2.56. The summed E-state index contributed by atoms with van der Waals surface area (Å²) >= 11 is 1.52. The van der Waals surface area contributed by atoms with Gasteiger partial charge in [-0.2, -0.15) is 0 Å². The fourth-order valence-corrected chi connectivity index (χ4v) is 2.95. The molecule has 0 aliphatic carbocycles. The van der Waals surface area contributed by atoms with E-state index in [1.807, 2.05) is 49.9 Å². The first kappa shape index (κ1) is 18.3. The number of hydrogen-bond acceptors (Lipinski definition) is 3. The minimum Gasteiger partial charge on any atom is -0.338 e. The van der Waals surface area contributed by atoms with Crippen molar-refractivity contribution in [3.8, 4) is 0 Å². The summed E-state index contributed by atoms with van der Waals surface area (Å²) in [4.78, 5) is 26.2. The third-order valence-corrected chi connectivity index (χ3v) is 4.09. The molecular weight excluding hydrogens is 296 g/mol. The summed E-state index contributed by atoms with van der Waals surface area (Å²) in [5.41, 5.74) is 1.74. The van der Waals surface area contributed by atoms with Gasteiger partial charge in [0.2, 0.25) is 11.8 Å². The summed E-state index contributed by atoms with van der Waals surface area (Å²) in [6.45, 7) is 12.4. The summed E-state index contributed by atoms with van der Waals surface area (Å²) in [5.74, 6) is 0.0174. The molecule has 0 saturated heterocycles. The molecule has 22 heavy (non-hydrogen) atoms. The maximum absolute atomic E-state index is 12.4. The fourth-order valence-electron chi connectivity index (χ4n) is 2.00. The van der Waals surface area contributed by atoms with E-state index in [0.717, 1.165) is 16.2 Å². The van der Waals surface area contributed by atoms with E-state index in [9.17, 15) is 9.59 Å². The summed E-state index contributed by atoms with van der Waals surface area (Å²) in [6, 6.07) is 7.50. The van der Waals surface area contributed by atoms with E-state index in [0.29, 0.717) is 13.1 Å². The molecule has 0 spiro atoms. The molecule has 0 fully saturated rings. The third-order valence-electron chi connectivity index (χ3n) is 2.99. The highest BCUT2D eigenvalue weighted by atomic mass is 32.2. The number of nitrogens with zero attached hydrogens (tertiary/aromatic N) is 1. The van der Waals surface area contributed by atoms with Crippen LogP contribution in [0.4, 0.5) is 5.69 Å². The number of rotatable bonds is 7. The highest BCUT2D eigenvalue weighted by molar-refractivity contribution is 8.00. The second-order valence-corrected chi connectivity index (χ2v) is 6.69. The Morgan fingerprint density at radius 2 is 1.86 bits per heavy atom. The average molecular weight is 320 g/mol. The van der Waals surface area contributed by atoms with Crippen LogP contribution in [0.5, 0.6) is 0 Å². The Balaban J connectivity index is 2.66. The molecule has 0 aliphatic heterocycles.